The van der Waals surface area contributed by atoms with Gasteiger partial charge in [-0.1, -0.05) is 42.5 Å². The molecule has 35 heavy (non-hydrogen) atoms. The van der Waals surface area contributed by atoms with Crippen LogP contribution in [0.25, 0.3) is 0 Å². The summed E-state index contributed by atoms with van der Waals surface area (Å²) >= 11 is 0. The van der Waals surface area contributed by atoms with E-state index < -0.39 is 64.8 Å². The first-order valence-electron chi connectivity index (χ1n) is 10.4. The minimum Gasteiger partial charge on any atom is -0.508 e. The van der Waals surface area contributed by atoms with Gasteiger partial charge in [-0.3, -0.25) is 14.1 Å². The van der Waals surface area contributed by atoms with Gasteiger partial charge in [0.25, 0.3) is 10.1 Å². The Morgan fingerprint density at radius 1 is 1.00 bits per heavy atom. The second kappa shape index (κ2) is 12.4. The molecule has 2 rings (SSSR count). The van der Waals surface area contributed by atoms with Crippen molar-refractivity contribution in [3.05, 3.63) is 65.7 Å². The lowest BCUT2D eigenvalue weighted by Crippen LogP contribution is -2.55. The van der Waals surface area contributed by atoms with Gasteiger partial charge in [0, 0.05) is 6.42 Å². The number of aromatic hydroxyl groups is 1. The zero-order valence-corrected chi connectivity index (χ0v) is 19.4. The number of imide groups is 1. The summed E-state index contributed by atoms with van der Waals surface area (Å²) in [6.45, 7) is -0.775. The van der Waals surface area contributed by atoms with Crippen LogP contribution in [0.3, 0.4) is 0 Å². The Morgan fingerprint density at radius 2 is 1.60 bits per heavy atom. The van der Waals surface area contributed by atoms with Crippen LogP contribution in [0.5, 0.6) is 5.75 Å². The van der Waals surface area contributed by atoms with Crippen molar-refractivity contribution >= 4 is 27.9 Å². The highest BCUT2D eigenvalue weighted by Gasteiger charge is 2.41. The predicted molar refractivity (Wildman–Crippen MR) is 123 cm³/mol. The average molecular weight is 510 g/mol. The Bertz CT molecular complexity index is 1120. The van der Waals surface area contributed by atoms with Crippen LogP contribution in [0, 0.1) is 0 Å². The number of carbonyl (C=O) groups is 3. The van der Waals surface area contributed by atoms with Crippen molar-refractivity contribution in [2.75, 3.05) is 6.54 Å². The van der Waals surface area contributed by atoms with E-state index in [-0.39, 0.29) is 12.4 Å². The van der Waals surface area contributed by atoms with Crippen LogP contribution < -0.4 is 11.5 Å². The third-order valence-electron chi connectivity index (χ3n) is 5.03. The minimum absolute atomic E-state index is 0.109. The molecule has 12 nitrogen and oxygen atoms in total. The highest BCUT2D eigenvalue weighted by Crippen LogP contribution is 2.21. The molecule has 13 heteroatoms. The van der Waals surface area contributed by atoms with Crippen molar-refractivity contribution in [2.45, 2.75) is 37.0 Å². The van der Waals surface area contributed by atoms with Gasteiger partial charge in [-0.2, -0.15) is 8.42 Å². The van der Waals surface area contributed by atoms with Crippen molar-refractivity contribution in [1.29, 1.82) is 0 Å². The molecule has 3 atom stereocenters. The molecule has 0 bridgehead atoms. The van der Waals surface area contributed by atoms with Crippen LogP contribution >= 0.6 is 0 Å². The van der Waals surface area contributed by atoms with Crippen molar-refractivity contribution in [1.82, 2.24) is 4.90 Å². The second-order valence-electron chi connectivity index (χ2n) is 7.63. The molecule has 2 aromatic carbocycles. The largest absolute Gasteiger partial charge is 0.508 e. The molecule has 190 valence electrons. The molecule has 0 radical (unpaired) electrons. The highest BCUT2D eigenvalue weighted by atomic mass is 32.2. The summed E-state index contributed by atoms with van der Waals surface area (Å²) in [5.41, 5.74) is 9.16. The van der Waals surface area contributed by atoms with E-state index in [1.165, 1.54) is 24.3 Å². The summed E-state index contributed by atoms with van der Waals surface area (Å²) in [6.07, 6.45) is -2.54. The lowest BCUT2D eigenvalue weighted by atomic mass is 10.0. The van der Waals surface area contributed by atoms with E-state index in [0.29, 0.717) is 16.0 Å². The first kappa shape index (κ1) is 27.9. The number of ether oxygens (including phenoxy) is 1. The maximum Gasteiger partial charge on any atom is 0.417 e. The first-order chi connectivity index (χ1) is 16.4. The van der Waals surface area contributed by atoms with E-state index in [9.17, 15) is 37.6 Å². The number of Topliss-reactive ketones (excluding diaryl/α,β-unsaturated/α-hetero) is 1. The maximum atomic E-state index is 13.1. The van der Waals surface area contributed by atoms with E-state index in [0.717, 1.165) is 0 Å². The van der Waals surface area contributed by atoms with E-state index in [1.54, 1.807) is 30.3 Å². The number of rotatable bonds is 11. The summed E-state index contributed by atoms with van der Waals surface area (Å²) in [6, 6.07) is 10.3. The molecular formula is C22H27N3O9S. The Hall–Kier alpha value is -3.36. The molecule has 0 fully saturated rings. The quantitative estimate of drug-likeness (QED) is 0.253. The Morgan fingerprint density at radius 3 is 2.14 bits per heavy atom. The number of phenols is 1. The van der Waals surface area contributed by atoms with Crippen molar-refractivity contribution in [2.24, 2.45) is 11.5 Å². The number of benzene rings is 2. The van der Waals surface area contributed by atoms with Crippen molar-refractivity contribution in [3.8, 4) is 5.75 Å². The van der Waals surface area contributed by atoms with Gasteiger partial charge >= 0.3 is 6.09 Å². The normalized spacial score (nSPS) is 13.9. The molecule has 0 heterocycles. The monoisotopic (exact) mass is 509 g/mol. The van der Waals surface area contributed by atoms with Gasteiger partial charge in [0.2, 0.25) is 11.3 Å². The van der Waals surface area contributed by atoms with E-state index >= 15 is 0 Å². The molecule has 2 amide bonds. The fraction of sp³-hybridized carbons (Fsp3) is 0.318. The van der Waals surface area contributed by atoms with Crippen LogP contribution in [0.15, 0.2) is 54.6 Å². The predicted octanol–water partition coefficient (Wildman–Crippen LogP) is -0.0799. The van der Waals surface area contributed by atoms with Crippen LogP contribution in [0.1, 0.15) is 17.5 Å². The molecule has 0 saturated heterocycles. The Kier molecular flexibility index (Phi) is 9.86. The van der Waals surface area contributed by atoms with E-state index in [2.05, 4.69) is 0 Å². The van der Waals surface area contributed by atoms with Gasteiger partial charge in [0.15, 0.2) is 5.78 Å². The zero-order chi connectivity index (χ0) is 26.2. The molecule has 0 saturated carbocycles. The topological polar surface area (TPSA) is 211 Å². The Labute approximate surface area is 201 Å². The third kappa shape index (κ3) is 8.12. The van der Waals surface area contributed by atoms with Gasteiger partial charge in [0.1, 0.15) is 12.4 Å². The van der Waals surface area contributed by atoms with Gasteiger partial charge in [0.05, 0.1) is 18.6 Å². The van der Waals surface area contributed by atoms with E-state index in [4.69, 9.17) is 16.2 Å². The molecule has 0 aliphatic carbocycles. The number of aliphatic hydroxyl groups excluding tert-OH is 1. The Balaban J connectivity index is 2.44. The molecule has 0 spiro atoms. The highest BCUT2D eigenvalue weighted by molar-refractivity contribution is 7.86. The van der Waals surface area contributed by atoms with Crippen LogP contribution in [0.4, 0.5) is 4.79 Å². The van der Waals surface area contributed by atoms with E-state index in [1.807, 2.05) is 0 Å². The molecule has 7 N–H and O–H groups in total. The first-order valence-corrected chi connectivity index (χ1v) is 11.9. The zero-order valence-electron chi connectivity index (χ0n) is 18.6. The molecular weight excluding hydrogens is 482 g/mol. The standard InChI is InChI=1S/C22H27N3O9S/c23-12-19(27)17(24)11-20(28)25(22(30)34-13-15-4-2-1-3-5-15)18(21(29)35(31,32)33)10-14-6-8-16(26)9-7-14/h1-9,17-18,21,26,29H,10-13,23-24H2,(H,31,32,33). The summed E-state index contributed by atoms with van der Waals surface area (Å²) in [4.78, 5) is 38.2. The summed E-state index contributed by atoms with van der Waals surface area (Å²) in [5, 5.41) is 19.9. The summed E-state index contributed by atoms with van der Waals surface area (Å²) < 4.78 is 38.3. The number of hydrogen-bond donors (Lipinski definition) is 5. The lowest BCUT2D eigenvalue weighted by Gasteiger charge is -2.32. The summed E-state index contributed by atoms with van der Waals surface area (Å²) in [5.74, 6) is -1.94. The SMILES string of the molecule is NCC(=O)C(N)CC(=O)N(C(=O)OCc1ccccc1)C(Cc1ccc(O)cc1)C(O)S(=O)(=O)O. The van der Waals surface area contributed by atoms with Crippen LogP contribution in [-0.2, 0) is 37.5 Å². The number of hydrogen-bond acceptors (Lipinski definition) is 10. The van der Waals surface area contributed by atoms with Gasteiger partial charge in [-0.25, -0.2) is 9.69 Å². The number of phenolic OH excluding ortho intramolecular Hbond substituents is 1. The maximum absolute atomic E-state index is 13.1. The summed E-state index contributed by atoms with van der Waals surface area (Å²) in [7, 11) is -5.17. The number of carbonyl (C=O) groups excluding carboxylic acids is 3. The number of nitrogens with two attached hydrogens (primary N) is 2. The van der Waals surface area contributed by atoms with Gasteiger partial charge < -0.3 is 26.4 Å². The van der Waals surface area contributed by atoms with Gasteiger partial charge in [-0.05, 0) is 29.7 Å². The number of ketones is 1. The fourth-order valence-corrected chi connectivity index (χ4v) is 3.77. The molecule has 3 unspecified atom stereocenters. The number of nitrogens with zero attached hydrogens (tertiary/aromatic N) is 1. The third-order valence-corrected chi connectivity index (χ3v) is 5.95. The van der Waals surface area contributed by atoms with Crippen molar-refractivity contribution in [3.63, 3.8) is 0 Å². The molecule has 2 aromatic rings. The van der Waals surface area contributed by atoms with Crippen LogP contribution in [0.2, 0.25) is 0 Å². The smallest absolute Gasteiger partial charge is 0.417 e. The van der Waals surface area contributed by atoms with Gasteiger partial charge in [-0.15, -0.1) is 0 Å². The minimum atomic E-state index is -5.17. The van der Waals surface area contributed by atoms with Crippen LogP contribution in [-0.4, -0.2) is 69.9 Å². The number of amides is 2. The fourth-order valence-electron chi connectivity index (χ4n) is 3.15. The molecule has 0 aromatic heterocycles. The number of aliphatic hydroxyl groups is 1. The lowest BCUT2D eigenvalue weighted by molar-refractivity contribution is -0.135. The molecule has 0 aliphatic heterocycles. The average Bonchev–Trinajstić information content (AvgIpc) is 2.82. The second-order valence-corrected chi connectivity index (χ2v) is 9.14. The van der Waals surface area contributed by atoms with Crippen molar-refractivity contribution < 1.29 is 42.3 Å². The molecule has 0 aliphatic rings.